The molecule has 2 N–H and O–H groups in total. The summed E-state index contributed by atoms with van der Waals surface area (Å²) in [6.07, 6.45) is 2.03. The number of carbonyl (C=O) groups is 1. The number of aromatic nitrogens is 2. The van der Waals surface area contributed by atoms with Crippen molar-refractivity contribution in [2.75, 3.05) is 55.0 Å². The third kappa shape index (κ3) is 4.01. The van der Waals surface area contributed by atoms with Crippen LogP contribution in [0.1, 0.15) is 6.42 Å². The van der Waals surface area contributed by atoms with Crippen LogP contribution in [0, 0.1) is 0 Å². The molecule has 0 saturated carbocycles. The molecular weight excluding hydrogens is 344 g/mol. The van der Waals surface area contributed by atoms with Gasteiger partial charge < -0.3 is 20.4 Å². The van der Waals surface area contributed by atoms with E-state index < -0.39 is 9.84 Å². The van der Waals surface area contributed by atoms with E-state index in [4.69, 9.17) is 0 Å². The lowest BCUT2D eigenvalue weighted by Crippen LogP contribution is -2.57. The molecule has 3 rings (SSSR count). The Labute approximate surface area is 147 Å². The minimum Gasteiger partial charge on any atom is -0.359 e. The molecule has 1 aromatic heterocycles. The van der Waals surface area contributed by atoms with Crippen molar-refractivity contribution in [1.29, 1.82) is 0 Å². The summed E-state index contributed by atoms with van der Waals surface area (Å²) in [5.41, 5.74) is 0. The van der Waals surface area contributed by atoms with Crippen LogP contribution in [0.5, 0.6) is 0 Å². The summed E-state index contributed by atoms with van der Waals surface area (Å²) in [5, 5.41) is 5.88. The van der Waals surface area contributed by atoms with E-state index in [-0.39, 0.29) is 29.5 Å². The third-order valence-corrected chi connectivity index (χ3v) is 6.42. The Bertz CT molecular complexity index is 741. The number of hydrogen-bond donors (Lipinski definition) is 2. The molecule has 138 valence electrons. The molecular formula is C15H24N6O3S. The number of sulfone groups is 1. The van der Waals surface area contributed by atoms with Crippen LogP contribution in [0.4, 0.5) is 11.8 Å². The molecule has 2 fully saturated rings. The highest BCUT2D eigenvalue weighted by Crippen LogP contribution is 2.26. The number of nitrogens with zero attached hydrogens (tertiary/aromatic N) is 4. The monoisotopic (exact) mass is 368 g/mol. The van der Waals surface area contributed by atoms with E-state index >= 15 is 0 Å². The third-order valence-electron chi connectivity index (χ3n) is 4.70. The molecule has 2 saturated heterocycles. The fourth-order valence-electron chi connectivity index (χ4n) is 3.33. The first-order chi connectivity index (χ1) is 11.9. The van der Waals surface area contributed by atoms with Gasteiger partial charge in [-0.05, 0) is 6.07 Å². The zero-order chi connectivity index (χ0) is 18.0. The van der Waals surface area contributed by atoms with Crippen molar-refractivity contribution < 1.29 is 13.2 Å². The van der Waals surface area contributed by atoms with Crippen molar-refractivity contribution in [3.05, 3.63) is 12.3 Å². The zero-order valence-electron chi connectivity index (χ0n) is 14.5. The quantitative estimate of drug-likeness (QED) is 0.655. The van der Waals surface area contributed by atoms with Crippen LogP contribution in [-0.2, 0) is 14.6 Å². The number of carbonyl (C=O) groups excluding carboxylic acids is 1. The van der Waals surface area contributed by atoms with E-state index in [1.165, 1.54) is 0 Å². The summed E-state index contributed by atoms with van der Waals surface area (Å²) >= 11 is 0. The zero-order valence-corrected chi connectivity index (χ0v) is 15.3. The molecule has 2 aliphatic rings. The highest BCUT2D eigenvalue weighted by Gasteiger charge is 2.43. The molecule has 2 atom stereocenters. The van der Waals surface area contributed by atoms with Crippen LogP contribution < -0.4 is 20.4 Å². The van der Waals surface area contributed by atoms with Gasteiger partial charge in [-0.15, -0.1) is 0 Å². The molecule has 2 aliphatic heterocycles. The normalized spacial score (nSPS) is 24.6. The molecule has 0 spiro atoms. The molecule has 0 bridgehead atoms. The van der Waals surface area contributed by atoms with Crippen LogP contribution in [0.15, 0.2) is 12.3 Å². The fraction of sp³-hybridized carbons (Fsp3) is 0.667. The van der Waals surface area contributed by atoms with E-state index in [0.717, 1.165) is 12.4 Å². The Morgan fingerprint density at radius 1 is 1.48 bits per heavy atom. The molecule has 1 amide bonds. The van der Waals surface area contributed by atoms with E-state index in [9.17, 15) is 13.2 Å². The Morgan fingerprint density at radius 3 is 3.04 bits per heavy atom. The summed E-state index contributed by atoms with van der Waals surface area (Å²) in [4.78, 5) is 24.1. The van der Waals surface area contributed by atoms with Gasteiger partial charge in [0.05, 0.1) is 17.5 Å². The molecule has 0 unspecified atom stereocenters. The molecule has 9 nitrogen and oxygen atoms in total. The van der Waals surface area contributed by atoms with Gasteiger partial charge in [-0.2, -0.15) is 4.98 Å². The van der Waals surface area contributed by atoms with E-state index in [1.54, 1.807) is 13.2 Å². The number of fused-ring (bicyclic) bond motifs is 1. The average Bonchev–Trinajstić information content (AvgIpc) is 2.93. The molecule has 1 aromatic rings. The average molecular weight is 368 g/mol. The lowest BCUT2D eigenvalue weighted by atomic mass is 10.1. The number of hydrogen-bond acceptors (Lipinski definition) is 8. The van der Waals surface area contributed by atoms with Gasteiger partial charge in [0.25, 0.3) is 0 Å². The number of anilines is 2. The van der Waals surface area contributed by atoms with Crippen LogP contribution in [0.3, 0.4) is 0 Å². The molecule has 0 radical (unpaired) electrons. The second-order valence-corrected chi connectivity index (χ2v) is 8.61. The molecule has 0 aliphatic carbocycles. The van der Waals surface area contributed by atoms with Gasteiger partial charge in [-0.25, -0.2) is 13.4 Å². The lowest BCUT2D eigenvalue weighted by Gasteiger charge is -2.38. The van der Waals surface area contributed by atoms with Gasteiger partial charge in [0, 0.05) is 52.4 Å². The SMILES string of the molecule is CNC(=O)CCN(C)c1nccc(N2CCN[C@@H]3CS(=O)(=O)C[C@@H]32)n1. The number of rotatable bonds is 5. The maximum atomic E-state index is 12.0. The highest BCUT2D eigenvalue weighted by molar-refractivity contribution is 7.91. The van der Waals surface area contributed by atoms with E-state index in [1.807, 2.05) is 18.0 Å². The van der Waals surface area contributed by atoms with Crippen molar-refractivity contribution in [3.8, 4) is 0 Å². The van der Waals surface area contributed by atoms with Gasteiger partial charge in [-0.3, -0.25) is 4.79 Å². The predicted octanol–water partition coefficient (Wildman–Crippen LogP) is -1.38. The van der Waals surface area contributed by atoms with Crippen molar-refractivity contribution in [1.82, 2.24) is 20.6 Å². The molecule has 0 aromatic carbocycles. The summed E-state index contributed by atoms with van der Waals surface area (Å²) in [7, 11) is 0.423. The standard InChI is InChI=1S/C15H24N6O3S/c1-16-14(22)4-7-20(2)15-18-5-3-13(19-15)21-8-6-17-11-9-25(23,24)10-12(11)21/h3,5,11-12,17H,4,6-10H2,1-2H3,(H,16,22)/t11-,12+/m1/s1. The summed E-state index contributed by atoms with van der Waals surface area (Å²) < 4.78 is 24.0. The van der Waals surface area contributed by atoms with Crippen molar-refractivity contribution in [2.24, 2.45) is 0 Å². The Kier molecular flexibility index (Phi) is 5.09. The minimum atomic E-state index is -3.02. The topological polar surface area (TPSA) is 108 Å². The Morgan fingerprint density at radius 2 is 2.28 bits per heavy atom. The van der Waals surface area contributed by atoms with Crippen LogP contribution in [0.2, 0.25) is 0 Å². The van der Waals surface area contributed by atoms with Crippen LogP contribution >= 0.6 is 0 Å². The highest BCUT2D eigenvalue weighted by atomic mass is 32.2. The molecule has 3 heterocycles. The smallest absolute Gasteiger partial charge is 0.227 e. The van der Waals surface area contributed by atoms with E-state index in [0.29, 0.717) is 25.5 Å². The number of nitrogens with one attached hydrogen (secondary N) is 2. The summed E-state index contributed by atoms with van der Waals surface area (Å²) in [6.45, 7) is 1.93. The first-order valence-corrected chi connectivity index (χ1v) is 10.2. The second kappa shape index (κ2) is 7.12. The largest absolute Gasteiger partial charge is 0.359 e. The maximum Gasteiger partial charge on any atom is 0.227 e. The second-order valence-electron chi connectivity index (χ2n) is 6.46. The first kappa shape index (κ1) is 17.9. The molecule has 10 heteroatoms. The van der Waals surface area contributed by atoms with Gasteiger partial charge >= 0.3 is 0 Å². The number of amides is 1. The van der Waals surface area contributed by atoms with Crippen LogP contribution in [-0.4, -0.2) is 81.6 Å². The molecule has 25 heavy (non-hydrogen) atoms. The van der Waals surface area contributed by atoms with Crippen molar-refractivity contribution in [3.63, 3.8) is 0 Å². The fourth-order valence-corrected chi connectivity index (χ4v) is 5.28. The lowest BCUT2D eigenvalue weighted by molar-refractivity contribution is -0.120. The maximum absolute atomic E-state index is 12.0. The summed E-state index contributed by atoms with van der Waals surface area (Å²) in [6, 6.07) is 1.66. The summed E-state index contributed by atoms with van der Waals surface area (Å²) in [5.74, 6) is 1.54. The Balaban J connectivity index is 1.75. The van der Waals surface area contributed by atoms with Gasteiger partial charge in [-0.1, -0.05) is 0 Å². The van der Waals surface area contributed by atoms with Crippen molar-refractivity contribution in [2.45, 2.75) is 18.5 Å². The first-order valence-electron chi connectivity index (χ1n) is 8.35. The minimum absolute atomic E-state index is 0.0379. The van der Waals surface area contributed by atoms with Gasteiger partial charge in [0.15, 0.2) is 9.84 Å². The predicted molar refractivity (Wildman–Crippen MR) is 95.6 cm³/mol. The number of piperazine rings is 1. The van der Waals surface area contributed by atoms with Gasteiger partial charge in [0.1, 0.15) is 5.82 Å². The van der Waals surface area contributed by atoms with Gasteiger partial charge in [0.2, 0.25) is 11.9 Å². The van der Waals surface area contributed by atoms with Crippen LogP contribution in [0.25, 0.3) is 0 Å². The van der Waals surface area contributed by atoms with E-state index in [2.05, 4.69) is 25.5 Å². The van der Waals surface area contributed by atoms with Crippen molar-refractivity contribution >= 4 is 27.5 Å². The Hall–Kier alpha value is -1.94.